The van der Waals surface area contributed by atoms with Gasteiger partial charge in [0, 0.05) is 12.5 Å². The van der Waals surface area contributed by atoms with Crippen molar-refractivity contribution in [2.24, 2.45) is 5.92 Å². The van der Waals surface area contributed by atoms with Crippen LogP contribution in [0.4, 0.5) is 0 Å². The Labute approximate surface area is 86.3 Å². The Morgan fingerprint density at radius 2 is 2.07 bits per heavy atom. The fraction of sp³-hybridized carbons (Fsp3) is 0.909. The number of β-amino-alcohol motifs (C(OH)–C–C–N with tert-alkyl or cyclic N) is 1. The third kappa shape index (κ3) is 3.28. The summed E-state index contributed by atoms with van der Waals surface area (Å²) in [6.45, 7) is 6.52. The normalized spacial score (nSPS) is 24.1. The number of aliphatic hydroxyl groups is 1. The van der Waals surface area contributed by atoms with Gasteiger partial charge < -0.3 is 10.0 Å². The first kappa shape index (κ1) is 11.5. The summed E-state index contributed by atoms with van der Waals surface area (Å²) in [6, 6.07) is 2.31. The average Bonchev–Trinajstić information content (AvgIpc) is 2.19. The largest absolute Gasteiger partial charge is 0.389 e. The first-order valence-electron chi connectivity index (χ1n) is 5.42. The van der Waals surface area contributed by atoms with E-state index in [0.29, 0.717) is 0 Å². The average molecular weight is 196 g/mol. The Bertz CT molecular complexity index is 212. The summed E-state index contributed by atoms with van der Waals surface area (Å²) in [4.78, 5) is 2.26. The van der Waals surface area contributed by atoms with E-state index in [1.807, 2.05) is 13.8 Å². The second-order valence-electron chi connectivity index (χ2n) is 4.53. The minimum absolute atomic E-state index is 0.234. The second-order valence-corrected chi connectivity index (χ2v) is 4.53. The zero-order valence-electron chi connectivity index (χ0n) is 9.16. The van der Waals surface area contributed by atoms with Gasteiger partial charge >= 0.3 is 0 Å². The molecule has 3 heteroatoms. The fourth-order valence-electron chi connectivity index (χ4n) is 1.81. The van der Waals surface area contributed by atoms with Crippen molar-refractivity contribution in [2.75, 3.05) is 19.6 Å². The predicted octanol–water partition coefficient (Wildman–Crippen LogP) is 1.38. The van der Waals surface area contributed by atoms with Crippen molar-refractivity contribution in [1.29, 1.82) is 5.26 Å². The molecule has 0 aromatic heterocycles. The van der Waals surface area contributed by atoms with E-state index in [1.54, 1.807) is 0 Å². The molecule has 0 amide bonds. The topological polar surface area (TPSA) is 47.3 Å². The maximum atomic E-state index is 9.89. The third-order valence-electron chi connectivity index (χ3n) is 3.10. The molecular formula is C11H20N2O. The quantitative estimate of drug-likeness (QED) is 0.742. The van der Waals surface area contributed by atoms with Gasteiger partial charge in [0.1, 0.15) is 0 Å². The summed E-state index contributed by atoms with van der Waals surface area (Å²) in [6.07, 6.45) is 2.69. The molecule has 80 valence electrons. The number of hydrogen-bond donors (Lipinski definition) is 1. The molecule has 14 heavy (non-hydrogen) atoms. The number of nitriles is 1. The van der Waals surface area contributed by atoms with Gasteiger partial charge in [-0.3, -0.25) is 0 Å². The molecule has 1 heterocycles. The Hall–Kier alpha value is -0.590. The molecule has 1 N–H and O–H groups in total. The van der Waals surface area contributed by atoms with Gasteiger partial charge in [0.25, 0.3) is 0 Å². The molecule has 1 aliphatic heterocycles. The molecule has 0 radical (unpaired) electrons. The number of nitrogens with zero attached hydrogens (tertiary/aromatic N) is 2. The molecule has 0 aromatic carbocycles. The highest BCUT2D eigenvalue weighted by Gasteiger charge is 2.25. The van der Waals surface area contributed by atoms with Crippen LogP contribution >= 0.6 is 0 Å². The highest BCUT2D eigenvalue weighted by atomic mass is 16.3. The van der Waals surface area contributed by atoms with Gasteiger partial charge in [-0.05, 0) is 39.3 Å². The minimum atomic E-state index is -0.570. The first-order valence-corrected chi connectivity index (χ1v) is 5.42. The summed E-state index contributed by atoms with van der Waals surface area (Å²) >= 11 is 0. The molecule has 3 nitrogen and oxygen atoms in total. The maximum absolute atomic E-state index is 9.89. The Morgan fingerprint density at radius 1 is 1.50 bits per heavy atom. The standard InChI is InChI=1S/C11H20N2O/c1-3-11(2,14)9-13-6-4-10(8-12)5-7-13/h10,14H,3-7,9H2,1-2H3. The van der Waals surface area contributed by atoms with Crippen LogP contribution in [0.2, 0.25) is 0 Å². The van der Waals surface area contributed by atoms with Crippen molar-refractivity contribution >= 4 is 0 Å². The van der Waals surface area contributed by atoms with Crippen molar-refractivity contribution in [1.82, 2.24) is 4.90 Å². The monoisotopic (exact) mass is 196 g/mol. The van der Waals surface area contributed by atoms with Crippen LogP contribution in [0.3, 0.4) is 0 Å². The van der Waals surface area contributed by atoms with Crippen LogP contribution in [0.5, 0.6) is 0 Å². The van der Waals surface area contributed by atoms with Crippen molar-refractivity contribution in [3.05, 3.63) is 0 Å². The van der Waals surface area contributed by atoms with Gasteiger partial charge in [0.15, 0.2) is 0 Å². The molecular weight excluding hydrogens is 176 g/mol. The Kier molecular flexibility index (Phi) is 3.91. The molecule has 0 aromatic rings. The predicted molar refractivity (Wildman–Crippen MR) is 55.7 cm³/mol. The van der Waals surface area contributed by atoms with Gasteiger partial charge in [-0.15, -0.1) is 0 Å². The molecule has 1 saturated heterocycles. The van der Waals surface area contributed by atoms with Crippen LogP contribution in [-0.2, 0) is 0 Å². The molecule has 1 aliphatic rings. The summed E-state index contributed by atoms with van der Waals surface area (Å²) in [5.41, 5.74) is -0.570. The fourth-order valence-corrected chi connectivity index (χ4v) is 1.81. The van der Waals surface area contributed by atoms with Crippen molar-refractivity contribution in [3.8, 4) is 6.07 Å². The Balaban J connectivity index is 2.33. The molecule has 0 bridgehead atoms. The van der Waals surface area contributed by atoms with E-state index in [1.165, 1.54) is 0 Å². The molecule has 0 saturated carbocycles. The van der Waals surface area contributed by atoms with Crippen LogP contribution in [0.15, 0.2) is 0 Å². The number of rotatable bonds is 3. The first-order chi connectivity index (χ1) is 6.57. The summed E-state index contributed by atoms with van der Waals surface area (Å²) < 4.78 is 0. The molecule has 0 aliphatic carbocycles. The lowest BCUT2D eigenvalue weighted by molar-refractivity contribution is 0.00880. The van der Waals surface area contributed by atoms with E-state index >= 15 is 0 Å². The van der Waals surface area contributed by atoms with Crippen LogP contribution in [0, 0.1) is 17.2 Å². The second kappa shape index (κ2) is 4.77. The number of piperidine rings is 1. The van der Waals surface area contributed by atoms with E-state index in [4.69, 9.17) is 5.26 Å². The summed E-state index contributed by atoms with van der Waals surface area (Å²) in [5.74, 6) is 0.234. The van der Waals surface area contributed by atoms with E-state index in [2.05, 4.69) is 11.0 Å². The lowest BCUT2D eigenvalue weighted by atomic mass is 9.96. The lowest BCUT2D eigenvalue weighted by Crippen LogP contribution is -2.44. The highest BCUT2D eigenvalue weighted by molar-refractivity contribution is 4.88. The van der Waals surface area contributed by atoms with Crippen LogP contribution in [-0.4, -0.2) is 35.2 Å². The van der Waals surface area contributed by atoms with Gasteiger partial charge in [0.2, 0.25) is 0 Å². The van der Waals surface area contributed by atoms with Gasteiger partial charge in [-0.2, -0.15) is 5.26 Å². The number of likely N-dealkylation sites (tertiary alicyclic amines) is 1. The van der Waals surface area contributed by atoms with E-state index < -0.39 is 5.60 Å². The smallest absolute Gasteiger partial charge is 0.0743 e. The highest BCUT2D eigenvalue weighted by Crippen LogP contribution is 2.19. The molecule has 1 unspecified atom stereocenters. The maximum Gasteiger partial charge on any atom is 0.0743 e. The molecule has 1 atom stereocenters. The van der Waals surface area contributed by atoms with E-state index in [-0.39, 0.29) is 5.92 Å². The van der Waals surface area contributed by atoms with E-state index in [9.17, 15) is 5.11 Å². The zero-order valence-corrected chi connectivity index (χ0v) is 9.16. The van der Waals surface area contributed by atoms with Gasteiger partial charge in [0.05, 0.1) is 11.7 Å². The summed E-state index contributed by atoms with van der Waals surface area (Å²) in [7, 11) is 0. The number of hydrogen-bond acceptors (Lipinski definition) is 3. The van der Waals surface area contributed by atoms with Crippen molar-refractivity contribution in [2.45, 2.75) is 38.7 Å². The summed E-state index contributed by atoms with van der Waals surface area (Å²) in [5, 5.41) is 18.6. The minimum Gasteiger partial charge on any atom is -0.389 e. The van der Waals surface area contributed by atoms with Crippen LogP contribution in [0.25, 0.3) is 0 Å². The lowest BCUT2D eigenvalue weighted by Gasteiger charge is -2.34. The van der Waals surface area contributed by atoms with Gasteiger partial charge in [-0.25, -0.2) is 0 Å². The van der Waals surface area contributed by atoms with Crippen LogP contribution in [0.1, 0.15) is 33.1 Å². The third-order valence-corrected chi connectivity index (χ3v) is 3.10. The molecule has 0 spiro atoms. The van der Waals surface area contributed by atoms with Gasteiger partial charge in [-0.1, -0.05) is 6.92 Å². The van der Waals surface area contributed by atoms with Crippen molar-refractivity contribution < 1.29 is 5.11 Å². The molecule has 1 fully saturated rings. The SMILES string of the molecule is CCC(C)(O)CN1CCC(C#N)CC1. The Morgan fingerprint density at radius 3 is 2.50 bits per heavy atom. The van der Waals surface area contributed by atoms with Crippen LogP contribution < -0.4 is 0 Å². The molecule has 1 rings (SSSR count). The zero-order chi connectivity index (χ0) is 10.6. The van der Waals surface area contributed by atoms with Crippen molar-refractivity contribution in [3.63, 3.8) is 0 Å². The van der Waals surface area contributed by atoms with E-state index in [0.717, 1.165) is 38.9 Å².